The third kappa shape index (κ3) is 3.43. The Morgan fingerprint density at radius 2 is 2.14 bits per heavy atom. The minimum absolute atomic E-state index is 0.208. The Kier molecular flexibility index (Phi) is 5.44. The number of aliphatic hydroxyl groups excluding tert-OH is 1. The van der Waals surface area contributed by atoms with Gasteiger partial charge in [-0.1, -0.05) is 43.7 Å². The standard InChI is InChI=1S/C20H30O2/c1-5-19-16(7-6-12-20(19,4)15(3)21)9-10-17-13-18(22)11-8-14(17)2/h9-10,18-19,22H,2,5-8,11-13H2,1,3-4H3/b16-9+,17-10-/t18-,19?,20-/m1/s1. The highest BCUT2D eigenvalue weighted by atomic mass is 16.3. The van der Waals surface area contributed by atoms with Crippen molar-refractivity contribution in [3.63, 3.8) is 0 Å². The summed E-state index contributed by atoms with van der Waals surface area (Å²) in [6.45, 7) is 10.2. The number of rotatable bonds is 3. The topological polar surface area (TPSA) is 37.3 Å². The van der Waals surface area contributed by atoms with Crippen LogP contribution < -0.4 is 0 Å². The molecule has 2 rings (SSSR count). The van der Waals surface area contributed by atoms with Crippen LogP contribution in [0, 0.1) is 11.3 Å². The van der Waals surface area contributed by atoms with Crippen molar-refractivity contribution >= 4 is 5.78 Å². The fraction of sp³-hybridized carbons (Fsp3) is 0.650. The van der Waals surface area contributed by atoms with Crippen molar-refractivity contribution in [3.05, 3.63) is 35.5 Å². The van der Waals surface area contributed by atoms with Gasteiger partial charge in [-0.2, -0.15) is 0 Å². The zero-order chi connectivity index (χ0) is 16.3. The molecule has 2 aliphatic rings. The predicted molar refractivity (Wildman–Crippen MR) is 91.6 cm³/mol. The Bertz CT molecular complexity index is 512. The van der Waals surface area contributed by atoms with E-state index in [4.69, 9.17) is 0 Å². The van der Waals surface area contributed by atoms with Crippen molar-refractivity contribution in [2.24, 2.45) is 11.3 Å². The maximum Gasteiger partial charge on any atom is 0.136 e. The van der Waals surface area contributed by atoms with Gasteiger partial charge in [0.15, 0.2) is 0 Å². The van der Waals surface area contributed by atoms with E-state index in [2.05, 4.69) is 32.6 Å². The lowest BCUT2D eigenvalue weighted by molar-refractivity contribution is -0.129. The van der Waals surface area contributed by atoms with Crippen LogP contribution in [0.15, 0.2) is 35.5 Å². The van der Waals surface area contributed by atoms with Gasteiger partial charge in [-0.15, -0.1) is 0 Å². The number of hydrogen-bond donors (Lipinski definition) is 1. The number of ketones is 1. The Labute approximate surface area is 135 Å². The zero-order valence-electron chi connectivity index (χ0n) is 14.3. The van der Waals surface area contributed by atoms with Gasteiger partial charge in [0.25, 0.3) is 0 Å². The Hall–Kier alpha value is -1.15. The summed E-state index contributed by atoms with van der Waals surface area (Å²) < 4.78 is 0. The zero-order valence-corrected chi connectivity index (χ0v) is 14.3. The van der Waals surface area contributed by atoms with Gasteiger partial charge >= 0.3 is 0 Å². The van der Waals surface area contributed by atoms with Crippen LogP contribution in [0.2, 0.25) is 0 Å². The molecule has 0 aliphatic heterocycles. The molecule has 0 radical (unpaired) electrons. The number of allylic oxidation sites excluding steroid dienone is 4. The maximum absolute atomic E-state index is 12.1. The van der Waals surface area contributed by atoms with E-state index in [1.165, 1.54) is 11.1 Å². The Morgan fingerprint density at radius 3 is 2.77 bits per heavy atom. The molecule has 0 heterocycles. The molecule has 0 aromatic rings. The van der Waals surface area contributed by atoms with Gasteiger partial charge in [0.05, 0.1) is 6.10 Å². The summed E-state index contributed by atoms with van der Waals surface area (Å²) in [5.74, 6) is 0.660. The maximum atomic E-state index is 12.1. The summed E-state index contributed by atoms with van der Waals surface area (Å²) >= 11 is 0. The molecule has 3 atom stereocenters. The minimum atomic E-state index is -0.231. The first-order chi connectivity index (χ1) is 10.4. The van der Waals surface area contributed by atoms with Gasteiger partial charge in [0.2, 0.25) is 0 Å². The van der Waals surface area contributed by atoms with Crippen LogP contribution in [-0.2, 0) is 4.79 Å². The molecule has 2 heteroatoms. The normalized spacial score (nSPS) is 36.8. The van der Waals surface area contributed by atoms with Crippen LogP contribution in [0.1, 0.15) is 65.7 Å². The second-order valence-electron chi connectivity index (χ2n) is 7.22. The molecule has 0 aromatic heterocycles. The Balaban J connectivity index is 2.25. The van der Waals surface area contributed by atoms with Gasteiger partial charge < -0.3 is 5.11 Å². The summed E-state index contributed by atoms with van der Waals surface area (Å²) in [4.78, 5) is 12.1. The third-order valence-electron chi connectivity index (χ3n) is 5.78. The number of Topliss-reactive ketones (excluding diaryl/α,β-unsaturated/α-hetero) is 1. The summed E-state index contributed by atoms with van der Waals surface area (Å²) in [6, 6.07) is 0. The van der Waals surface area contributed by atoms with E-state index in [9.17, 15) is 9.90 Å². The molecule has 1 N–H and O–H groups in total. The van der Waals surface area contributed by atoms with E-state index in [1.807, 2.05) is 0 Å². The molecule has 22 heavy (non-hydrogen) atoms. The van der Waals surface area contributed by atoms with Gasteiger partial charge in [-0.3, -0.25) is 4.79 Å². The van der Waals surface area contributed by atoms with Crippen LogP contribution in [-0.4, -0.2) is 17.0 Å². The van der Waals surface area contributed by atoms with Gasteiger partial charge in [0.1, 0.15) is 5.78 Å². The van der Waals surface area contributed by atoms with E-state index >= 15 is 0 Å². The molecular formula is C20H30O2. The van der Waals surface area contributed by atoms with Crippen molar-refractivity contribution in [2.45, 2.75) is 71.8 Å². The summed E-state index contributed by atoms with van der Waals surface area (Å²) in [7, 11) is 0. The van der Waals surface area contributed by atoms with Crippen LogP contribution >= 0.6 is 0 Å². The lowest BCUT2D eigenvalue weighted by atomic mass is 9.62. The van der Waals surface area contributed by atoms with Crippen molar-refractivity contribution in [2.75, 3.05) is 0 Å². The largest absolute Gasteiger partial charge is 0.393 e. The quantitative estimate of drug-likeness (QED) is 0.817. The fourth-order valence-electron chi connectivity index (χ4n) is 4.15. The van der Waals surface area contributed by atoms with E-state index in [0.29, 0.717) is 18.1 Å². The first kappa shape index (κ1) is 17.2. The first-order valence-corrected chi connectivity index (χ1v) is 8.65. The van der Waals surface area contributed by atoms with E-state index in [0.717, 1.165) is 44.1 Å². The number of carbonyl (C=O) groups is 1. The first-order valence-electron chi connectivity index (χ1n) is 8.65. The molecule has 0 bridgehead atoms. The van der Waals surface area contributed by atoms with Crippen LogP contribution in [0.5, 0.6) is 0 Å². The van der Waals surface area contributed by atoms with E-state index < -0.39 is 0 Å². The molecule has 0 aromatic carbocycles. The van der Waals surface area contributed by atoms with Gasteiger partial charge in [-0.05, 0) is 63.4 Å². The van der Waals surface area contributed by atoms with Crippen LogP contribution in [0.25, 0.3) is 0 Å². The number of carbonyl (C=O) groups excluding carboxylic acids is 1. The fourth-order valence-corrected chi connectivity index (χ4v) is 4.15. The molecule has 1 unspecified atom stereocenters. The highest BCUT2D eigenvalue weighted by Crippen LogP contribution is 2.46. The van der Waals surface area contributed by atoms with Gasteiger partial charge in [0, 0.05) is 5.41 Å². The SMILES string of the molecule is C=C1CC[C@@H](O)C/C1=C/C=C1\CCC[C@](C)(C(C)=O)C1CC. The molecular weight excluding hydrogens is 272 g/mol. The number of hydrogen-bond acceptors (Lipinski definition) is 2. The number of aliphatic hydroxyl groups is 1. The molecule has 2 aliphatic carbocycles. The molecule has 122 valence electrons. The van der Waals surface area contributed by atoms with E-state index in [1.54, 1.807) is 6.92 Å². The predicted octanol–water partition coefficient (Wildman–Crippen LogP) is 4.75. The van der Waals surface area contributed by atoms with Gasteiger partial charge in [-0.25, -0.2) is 0 Å². The second kappa shape index (κ2) is 6.95. The van der Waals surface area contributed by atoms with Crippen LogP contribution in [0.3, 0.4) is 0 Å². The van der Waals surface area contributed by atoms with Crippen molar-refractivity contribution in [1.82, 2.24) is 0 Å². The monoisotopic (exact) mass is 302 g/mol. The second-order valence-corrected chi connectivity index (χ2v) is 7.22. The summed E-state index contributed by atoms with van der Waals surface area (Å²) in [5, 5.41) is 9.84. The Morgan fingerprint density at radius 1 is 1.41 bits per heavy atom. The van der Waals surface area contributed by atoms with E-state index in [-0.39, 0.29) is 11.5 Å². The third-order valence-corrected chi connectivity index (χ3v) is 5.78. The average molecular weight is 302 g/mol. The molecule has 0 spiro atoms. The average Bonchev–Trinajstić information content (AvgIpc) is 2.48. The van der Waals surface area contributed by atoms with Crippen LogP contribution in [0.4, 0.5) is 0 Å². The molecule has 2 fully saturated rings. The lowest BCUT2D eigenvalue weighted by Gasteiger charge is -2.41. The van der Waals surface area contributed by atoms with Crippen molar-refractivity contribution in [3.8, 4) is 0 Å². The smallest absolute Gasteiger partial charge is 0.136 e. The highest BCUT2D eigenvalue weighted by molar-refractivity contribution is 5.83. The highest BCUT2D eigenvalue weighted by Gasteiger charge is 2.41. The molecule has 0 saturated heterocycles. The summed E-state index contributed by atoms with van der Waals surface area (Å²) in [6.07, 6.45) is 10.7. The van der Waals surface area contributed by atoms with Crippen molar-refractivity contribution < 1.29 is 9.90 Å². The molecule has 2 saturated carbocycles. The lowest BCUT2D eigenvalue weighted by Crippen LogP contribution is -2.38. The van der Waals surface area contributed by atoms with Crippen molar-refractivity contribution in [1.29, 1.82) is 0 Å². The minimum Gasteiger partial charge on any atom is -0.393 e. The molecule has 0 amide bonds. The molecule has 2 nitrogen and oxygen atoms in total. The summed E-state index contributed by atoms with van der Waals surface area (Å²) in [5.41, 5.74) is 3.52.